The van der Waals surface area contributed by atoms with E-state index >= 15 is 0 Å². The third-order valence-electron chi connectivity index (χ3n) is 5.17. The van der Waals surface area contributed by atoms with Crippen molar-refractivity contribution < 1.29 is 9.53 Å². The molecule has 2 saturated heterocycles. The van der Waals surface area contributed by atoms with Crippen LogP contribution in [0, 0.1) is 0 Å². The largest absolute Gasteiger partial charge is 0.497 e. The summed E-state index contributed by atoms with van der Waals surface area (Å²) >= 11 is 2.01. The van der Waals surface area contributed by atoms with Crippen LogP contribution >= 0.6 is 11.8 Å². The monoisotopic (exact) mass is 362 g/mol. The van der Waals surface area contributed by atoms with Gasteiger partial charge >= 0.3 is 0 Å². The molecule has 2 aliphatic rings. The number of hydrogen-bond donors (Lipinski definition) is 0. The summed E-state index contributed by atoms with van der Waals surface area (Å²) in [5.74, 6) is 3.32. The van der Waals surface area contributed by atoms with E-state index in [2.05, 4.69) is 9.80 Å². The van der Waals surface area contributed by atoms with E-state index in [0.29, 0.717) is 12.5 Å². The van der Waals surface area contributed by atoms with Crippen LogP contribution < -0.4 is 4.74 Å². The number of rotatable bonds is 5. The summed E-state index contributed by atoms with van der Waals surface area (Å²) in [6.45, 7) is 4.32. The summed E-state index contributed by atoms with van der Waals surface area (Å²) in [7, 11) is 1.67. The first kappa shape index (κ1) is 18.6. The first-order valence-electron chi connectivity index (χ1n) is 9.49. The second-order valence-electron chi connectivity index (χ2n) is 7.06. The Bertz CT molecular complexity index is 560. The van der Waals surface area contributed by atoms with Gasteiger partial charge in [0.15, 0.2) is 0 Å². The number of nitrogens with zero attached hydrogens (tertiary/aromatic N) is 2. The molecule has 0 radical (unpaired) electrons. The molecule has 1 aromatic rings. The molecule has 2 heterocycles. The van der Waals surface area contributed by atoms with E-state index in [0.717, 1.165) is 36.6 Å². The van der Waals surface area contributed by atoms with Crippen LogP contribution in [-0.2, 0) is 11.2 Å². The molecule has 25 heavy (non-hydrogen) atoms. The lowest BCUT2D eigenvalue weighted by molar-refractivity contribution is -0.132. The molecule has 1 aromatic carbocycles. The van der Waals surface area contributed by atoms with Crippen molar-refractivity contribution in [1.82, 2.24) is 9.80 Å². The van der Waals surface area contributed by atoms with Crippen LogP contribution in [0.5, 0.6) is 5.75 Å². The van der Waals surface area contributed by atoms with Crippen molar-refractivity contribution in [3.63, 3.8) is 0 Å². The maximum absolute atomic E-state index is 13.0. The van der Waals surface area contributed by atoms with Crippen molar-refractivity contribution in [3.8, 4) is 5.75 Å². The summed E-state index contributed by atoms with van der Waals surface area (Å²) < 4.78 is 5.29. The minimum atomic E-state index is 0.262. The fourth-order valence-electron chi connectivity index (χ4n) is 3.81. The highest BCUT2D eigenvalue weighted by atomic mass is 32.2. The van der Waals surface area contributed by atoms with Gasteiger partial charge in [0.25, 0.3) is 0 Å². The molecule has 2 aliphatic heterocycles. The van der Waals surface area contributed by atoms with E-state index in [9.17, 15) is 4.79 Å². The zero-order valence-electron chi connectivity index (χ0n) is 15.3. The van der Waals surface area contributed by atoms with Gasteiger partial charge in [-0.05, 0) is 55.8 Å². The minimum absolute atomic E-state index is 0.262. The van der Waals surface area contributed by atoms with Gasteiger partial charge in [0.2, 0.25) is 5.91 Å². The average Bonchev–Trinajstić information content (AvgIpc) is 2.88. The highest BCUT2D eigenvalue weighted by Gasteiger charge is 2.27. The van der Waals surface area contributed by atoms with Gasteiger partial charge in [-0.15, -0.1) is 0 Å². The highest BCUT2D eigenvalue weighted by molar-refractivity contribution is 7.99. The maximum Gasteiger partial charge on any atom is 0.227 e. The van der Waals surface area contributed by atoms with Crippen LogP contribution in [0.1, 0.15) is 31.2 Å². The summed E-state index contributed by atoms with van der Waals surface area (Å²) in [6, 6.07) is 8.24. The molecular formula is C20H30N2O2S. The van der Waals surface area contributed by atoms with E-state index < -0.39 is 0 Å². The van der Waals surface area contributed by atoms with Crippen LogP contribution in [0.3, 0.4) is 0 Å². The molecule has 0 spiro atoms. The zero-order chi connectivity index (χ0) is 17.5. The average molecular weight is 363 g/mol. The molecule has 0 saturated carbocycles. The third-order valence-corrected chi connectivity index (χ3v) is 6.36. The molecule has 3 rings (SSSR count). The molecule has 0 bridgehead atoms. The second-order valence-corrected chi connectivity index (χ2v) is 8.21. The van der Waals surface area contributed by atoms with Crippen LogP contribution in [0.25, 0.3) is 0 Å². The number of ether oxygens (including phenoxy) is 1. The zero-order valence-corrected chi connectivity index (χ0v) is 16.1. The maximum atomic E-state index is 13.0. The molecule has 5 heteroatoms. The topological polar surface area (TPSA) is 32.8 Å². The van der Waals surface area contributed by atoms with Gasteiger partial charge in [0.05, 0.1) is 19.6 Å². The third kappa shape index (κ3) is 5.38. The number of benzene rings is 1. The van der Waals surface area contributed by atoms with Crippen LogP contribution in [0.4, 0.5) is 0 Å². The minimum Gasteiger partial charge on any atom is -0.497 e. The Labute approximate surface area is 155 Å². The van der Waals surface area contributed by atoms with Crippen LogP contribution in [-0.4, -0.2) is 66.5 Å². The van der Waals surface area contributed by atoms with E-state index in [1.165, 1.54) is 38.1 Å². The lowest BCUT2D eigenvalue weighted by atomic mass is 10.1. The first-order chi connectivity index (χ1) is 12.3. The Morgan fingerprint density at radius 2 is 2.04 bits per heavy atom. The smallest absolute Gasteiger partial charge is 0.227 e. The lowest BCUT2D eigenvalue weighted by Gasteiger charge is -2.36. The Hall–Kier alpha value is -1.20. The molecule has 1 unspecified atom stereocenters. The lowest BCUT2D eigenvalue weighted by Crippen LogP contribution is -2.49. The number of amides is 1. The number of thioether (sulfide) groups is 1. The van der Waals surface area contributed by atoms with Gasteiger partial charge in [-0.3, -0.25) is 4.79 Å². The van der Waals surface area contributed by atoms with Gasteiger partial charge in [-0.25, -0.2) is 0 Å². The molecule has 0 N–H and O–H groups in total. The van der Waals surface area contributed by atoms with Crippen molar-refractivity contribution in [2.75, 3.05) is 44.8 Å². The van der Waals surface area contributed by atoms with Gasteiger partial charge in [0, 0.05) is 18.8 Å². The van der Waals surface area contributed by atoms with Crippen molar-refractivity contribution in [2.45, 2.75) is 38.1 Å². The van der Waals surface area contributed by atoms with Gasteiger partial charge < -0.3 is 14.5 Å². The summed E-state index contributed by atoms with van der Waals surface area (Å²) in [6.07, 6.45) is 5.53. The van der Waals surface area contributed by atoms with Gasteiger partial charge in [0.1, 0.15) is 5.75 Å². The van der Waals surface area contributed by atoms with Gasteiger partial charge in [-0.1, -0.05) is 18.6 Å². The number of methoxy groups -OCH3 is 1. The molecule has 0 aliphatic carbocycles. The second kappa shape index (κ2) is 9.48. The SMILES string of the molecule is COc1cccc(CC(=O)N2CCCSCC2CN2CCCCC2)c1. The normalized spacial score (nSPS) is 22.4. The van der Waals surface area contributed by atoms with Crippen molar-refractivity contribution >= 4 is 17.7 Å². The summed E-state index contributed by atoms with van der Waals surface area (Å²) in [5, 5.41) is 0. The molecule has 1 amide bonds. The molecule has 2 fully saturated rings. The quantitative estimate of drug-likeness (QED) is 0.806. The Morgan fingerprint density at radius 3 is 2.84 bits per heavy atom. The van der Waals surface area contributed by atoms with Crippen molar-refractivity contribution in [2.24, 2.45) is 0 Å². The van der Waals surface area contributed by atoms with Crippen LogP contribution in [0.15, 0.2) is 24.3 Å². The van der Waals surface area contributed by atoms with Crippen molar-refractivity contribution in [3.05, 3.63) is 29.8 Å². The molecule has 4 nitrogen and oxygen atoms in total. The van der Waals surface area contributed by atoms with E-state index in [1.807, 2.05) is 36.0 Å². The van der Waals surface area contributed by atoms with Crippen molar-refractivity contribution in [1.29, 1.82) is 0 Å². The Balaban J connectivity index is 1.65. The number of likely N-dealkylation sites (tertiary alicyclic amines) is 1. The van der Waals surface area contributed by atoms with E-state index in [4.69, 9.17) is 4.74 Å². The van der Waals surface area contributed by atoms with E-state index in [-0.39, 0.29) is 5.91 Å². The van der Waals surface area contributed by atoms with Gasteiger partial charge in [-0.2, -0.15) is 11.8 Å². The number of hydrogen-bond acceptors (Lipinski definition) is 4. The predicted octanol–water partition coefficient (Wildman–Crippen LogP) is 3.06. The fraction of sp³-hybridized carbons (Fsp3) is 0.650. The Kier molecular flexibility index (Phi) is 7.05. The van der Waals surface area contributed by atoms with E-state index in [1.54, 1.807) is 7.11 Å². The predicted molar refractivity (Wildman–Crippen MR) is 104 cm³/mol. The first-order valence-corrected chi connectivity index (χ1v) is 10.6. The molecule has 138 valence electrons. The standard InChI is InChI=1S/C20H30N2O2S/c1-24-19-8-5-7-17(13-19)14-20(23)22-11-6-12-25-16-18(22)15-21-9-3-2-4-10-21/h5,7-8,13,18H,2-4,6,9-12,14-16H2,1H3. The van der Waals surface area contributed by atoms with Crippen LogP contribution in [0.2, 0.25) is 0 Å². The summed E-state index contributed by atoms with van der Waals surface area (Å²) in [4.78, 5) is 17.8. The molecule has 0 aromatic heterocycles. The fourth-order valence-corrected chi connectivity index (χ4v) is 4.86. The highest BCUT2D eigenvalue weighted by Crippen LogP contribution is 2.21. The summed E-state index contributed by atoms with van der Waals surface area (Å²) in [5.41, 5.74) is 1.04. The Morgan fingerprint density at radius 1 is 1.20 bits per heavy atom. The molecule has 1 atom stereocenters. The number of carbonyl (C=O) groups is 1. The number of piperidine rings is 1. The number of carbonyl (C=O) groups excluding carboxylic acids is 1. The molecular weight excluding hydrogens is 332 g/mol.